The Balaban J connectivity index is 2.21. The molecule has 0 aliphatic heterocycles. The van der Waals surface area contributed by atoms with Gasteiger partial charge in [-0.05, 0) is 48.6 Å². The molecule has 0 saturated heterocycles. The number of carbonyl (C=O) groups is 1. The first kappa shape index (κ1) is 20.0. The molecule has 0 aromatic heterocycles. The van der Waals surface area contributed by atoms with Crippen LogP contribution in [0.4, 0.5) is 0 Å². The molecular formula is C23H30O3. The van der Waals surface area contributed by atoms with E-state index >= 15 is 0 Å². The van der Waals surface area contributed by atoms with Gasteiger partial charge in [0.1, 0.15) is 5.75 Å². The van der Waals surface area contributed by atoms with Crippen molar-refractivity contribution in [1.29, 1.82) is 0 Å². The van der Waals surface area contributed by atoms with E-state index in [1.165, 1.54) is 31.2 Å². The molecule has 0 bridgehead atoms. The van der Waals surface area contributed by atoms with Crippen molar-refractivity contribution >= 4 is 5.97 Å². The summed E-state index contributed by atoms with van der Waals surface area (Å²) < 4.78 is 10.6. The van der Waals surface area contributed by atoms with Gasteiger partial charge < -0.3 is 9.47 Å². The van der Waals surface area contributed by atoms with Gasteiger partial charge in [0, 0.05) is 5.56 Å². The summed E-state index contributed by atoms with van der Waals surface area (Å²) in [6, 6.07) is 14.5. The molecule has 0 unspecified atom stereocenters. The van der Waals surface area contributed by atoms with Gasteiger partial charge in [-0.1, -0.05) is 56.5 Å². The maximum absolute atomic E-state index is 11.8. The second kappa shape index (κ2) is 10.6. The monoisotopic (exact) mass is 354 g/mol. The van der Waals surface area contributed by atoms with Crippen LogP contribution in [0.2, 0.25) is 0 Å². The maximum Gasteiger partial charge on any atom is 0.310 e. The Morgan fingerprint density at radius 3 is 2.54 bits per heavy atom. The summed E-state index contributed by atoms with van der Waals surface area (Å²) in [6.45, 7) is 4.46. The summed E-state index contributed by atoms with van der Waals surface area (Å²) in [5, 5.41) is 0. The number of methoxy groups -OCH3 is 1. The second-order valence-corrected chi connectivity index (χ2v) is 6.53. The van der Waals surface area contributed by atoms with E-state index in [0.29, 0.717) is 13.0 Å². The Morgan fingerprint density at radius 2 is 1.81 bits per heavy atom. The Bertz CT molecular complexity index is 706. The smallest absolute Gasteiger partial charge is 0.310 e. The normalized spacial score (nSPS) is 10.6. The van der Waals surface area contributed by atoms with Crippen molar-refractivity contribution in [2.24, 2.45) is 0 Å². The van der Waals surface area contributed by atoms with Crippen LogP contribution in [0.15, 0.2) is 42.5 Å². The number of hydrogen-bond acceptors (Lipinski definition) is 3. The van der Waals surface area contributed by atoms with Crippen LogP contribution in [-0.4, -0.2) is 19.7 Å². The average Bonchev–Trinajstić information content (AvgIpc) is 2.65. The number of carbonyl (C=O) groups excluding carboxylic acids is 1. The zero-order chi connectivity index (χ0) is 18.8. The van der Waals surface area contributed by atoms with E-state index in [4.69, 9.17) is 9.47 Å². The summed E-state index contributed by atoms with van der Waals surface area (Å²) in [5.41, 5.74) is 4.43. The van der Waals surface area contributed by atoms with Gasteiger partial charge in [0.15, 0.2) is 0 Å². The molecule has 0 N–H and O–H groups in total. The molecule has 0 heterocycles. The number of hydrogen-bond donors (Lipinski definition) is 0. The van der Waals surface area contributed by atoms with E-state index in [2.05, 4.69) is 31.2 Å². The predicted molar refractivity (Wildman–Crippen MR) is 107 cm³/mol. The van der Waals surface area contributed by atoms with Crippen molar-refractivity contribution in [3.05, 3.63) is 53.6 Å². The molecule has 3 heteroatoms. The lowest BCUT2D eigenvalue weighted by molar-refractivity contribution is -0.142. The zero-order valence-electron chi connectivity index (χ0n) is 16.2. The van der Waals surface area contributed by atoms with Crippen molar-refractivity contribution < 1.29 is 14.3 Å². The third-order valence-corrected chi connectivity index (χ3v) is 4.47. The lowest BCUT2D eigenvalue weighted by Crippen LogP contribution is -2.07. The highest BCUT2D eigenvalue weighted by Gasteiger charge is 2.10. The van der Waals surface area contributed by atoms with Crippen molar-refractivity contribution in [1.82, 2.24) is 0 Å². The fourth-order valence-electron chi connectivity index (χ4n) is 3.12. The highest BCUT2D eigenvalue weighted by atomic mass is 16.5. The second-order valence-electron chi connectivity index (χ2n) is 6.53. The van der Waals surface area contributed by atoms with Gasteiger partial charge in [0.25, 0.3) is 0 Å². The molecule has 0 aliphatic carbocycles. The van der Waals surface area contributed by atoms with Crippen LogP contribution in [0.25, 0.3) is 11.1 Å². The average molecular weight is 354 g/mol. The summed E-state index contributed by atoms with van der Waals surface area (Å²) in [4.78, 5) is 11.8. The highest BCUT2D eigenvalue weighted by molar-refractivity contribution is 5.75. The van der Waals surface area contributed by atoms with Crippen molar-refractivity contribution in [2.75, 3.05) is 13.7 Å². The molecule has 2 aromatic rings. The number of esters is 1. The van der Waals surface area contributed by atoms with Crippen molar-refractivity contribution in [3.8, 4) is 16.9 Å². The first-order valence-electron chi connectivity index (χ1n) is 9.59. The third kappa shape index (κ3) is 5.91. The van der Waals surface area contributed by atoms with Gasteiger partial charge in [-0.25, -0.2) is 0 Å². The Morgan fingerprint density at radius 1 is 0.962 bits per heavy atom. The molecule has 0 fully saturated rings. The Labute approximate surface area is 157 Å². The third-order valence-electron chi connectivity index (χ3n) is 4.47. The van der Waals surface area contributed by atoms with Crippen LogP contribution < -0.4 is 4.74 Å². The molecule has 0 atom stereocenters. The zero-order valence-corrected chi connectivity index (χ0v) is 16.2. The van der Waals surface area contributed by atoms with Crippen LogP contribution >= 0.6 is 0 Å². The molecular weight excluding hydrogens is 324 g/mol. The van der Waals surface area contributed by atoms with Crippen molar-refractivity contribution in [2.45, 2.75) is 52.4 Å². The standard InChI is InChI=1S/C23H30O3/c1-4-6-7-8-10-18-13-14-22(25-3)21(16-18)20-12-9-11-19(15-20)17-23(24)26-5-2/h9,11-16H,4-8,10,17H2,1-3H3. The molecule has 0 spiro atoms. The van der Waals surface area contributed by atoms with Gasteiger partial charge in [-0.15, -0.1) is 0 Å². The molecule has 2 aromatic carbocycles. The SMILES string of the molecule is CCCCCCc1ccc(OC)c(-c2cccc(CC(=O)OCC)c2)c1. The molecule has 26 heavy (non-hydrogen) atoms. The molecule has 0 amide bonds. The summed E-state index contributed by atoms with van der Waals surface area (Å²) in [5.74, 6) is 0.664. The minimum Gasteiger partial charge on any atom is -0.496 e. The Kier molecular flexibility index (Phi) is 8.20. The van der Waals surface area contributed by atoms with Crippen LogP contribution in [0.5, 0.6) is 5.75 Å². The minimum atomic E-state index is -0.193. The molecule has 0 radical (unpaired) electrons. The predicted octanol–water partition coefficient (Wildman–Crippen LogP) is 5.59. The van der Waals surface area contributed by atoms with E-state index in [1.807, 2.05) is 25.1 Å². The lowest BCUT2D eigenvalue weighted by Gasteiger charge is -2.12. The first-order valence-corrected chi connectivity index (χ1v) is 9.59. The fourth-order valence-corrected chi connectivity index (χ4v) is 3.12. The van der Waals surface area contributed by atoms with Gasteiger partial charge >= 0.3 is 5.97 Å². The molecule has 0 saturated carbocycles. The van der Waals surface area contributed by atoms with Crippen LogP contribution in [0.3, 0.4) is 0 Å². The first-order chi connectivity index (χ1) is 12.7. The van der Waals surface area contributed by atoms with Crippen LogP contribution in [-0.2, 0) is 22.4 Å². The number of unbranched alkanes of at least 4 members (excludes halogenated alkanes) is 3. The largest absolute Gasteiger partial charge is 0.496 e. The maximum atomic E-state index is 11.8. The Hall–Kier alpha value is -2.29. The van der Waals surface area contributed by atoms with E-state index in [-0.39, 0.29) is 5.97 Å². The van der Waals surface area contributed by atoms with Crippen LogP contribution in [0, 0.1) is 0 Å². The van der Waals surface area contributed by atoms with E-state index in [1.54, 1.807) is 7.11 Å². The van der Waals surface area contributed by atoms with Gasteiger partial charge in [-0.2, -0.15) is 0 Å². The molecule has 0 aliphatic rings. The number of rotatable bonds is 10. The summed E-state index contributed by atoms with van der Waals surface area (Å²) in [6.07, 6.45) is 6.40. The number of ether oxygens (including phenoxy) is 2. The molecule has 140 valence electrons. The van der Waals surface area contributed by atoms with Gasteiger partial charge in [0.05, 0.1) is 20.1 Å². The number of aryl methyl sites for hydroxylation is 1. The molecule has 3 nitrogen and oxygen atoms in total. The van der Waals surface area contributed by atoms with E-state index < -0.39 is 0 Å². The summed E-state index contributed by atoms with van der Waals surface area (Å²) >= 11 is 0. The summed E-state index contributed by atoms with van der Waals surface area (Å²) in [7, 11) is 1.70. The lowest BCUT2D eigenvalue weighted by atomic mass is 9.97. The van der Waals surface area contributed by atoms with Crippen LogP contribution in [0.1, 0.15) is 50.7 Å². The quantitative estimate of drug-likeness (QED) is 0.412. The highest BCUT2D eigenvalue weighted by Crippen LogP contribution is 2.32. The topological polar surface area (TPSA) is 35.5 Å². The van der Waals surface area contributed by atoms with Crippen molar-refractivity contribution in [3.63, 3.8) is 0 Å². The van der Waals surface area contributed by atoms with E-state index in [9.17, 15) is 4.79 Å². The molecule has 2 rings (SSSR count). The van der Waals surface area contributed by atoms with Gasteiger partial charge in [0.2, 0.25) is 0 Å². The van der Waals surface area contributed by atoms with E-state index in [0.717, 1.165) is 28.9 Å². The fraction of sp³-hybridized carbons (Fsp3) is 0.435. The van der Waals surface area contributed by atoms with Gasteiger partial charge in [-0.3, -0.25) is 4.79 Å². The number of benzene rings is 2. The minimum absolute atomic E-state index is 0.193.